The van der Waals surface area contributed by atoms with E-state index < -0.39 is 32.7 Å². The molecule has 3 rings (SSSR count). The average Bonchev–Trinajstić information content (AvgIpc) is 2.95. The van der Waals surface area contributed by atoms with Crippen LogP contribution < -0.4 is 4.18 Å². The molecule has 0 N–H and O–H groups in total. The molecule has 0 aliphatic carbocycles. The first kappa shape index (κ1) is 21.4. The molecule has 0 unspecified atom stereocenters. The van der Waals surface area contributed by atoms with E-state index in [-0.39, 0.29) is 10.5 Å². The Balaban J connectivity index is 2.21. The van der Waals surface area contributed by atoms with Crippen molar-refractivity contribution < 1.29 is 30.2 Å². The van der Waals surface area contributed by atoms with E-state index in [1.54, 1.807) is 16.8 Å². The second kappa shape index (κ2) is 6.88. The number of halogens is 5. The fourth-order valence-electron chi connectivity index (χ4n) is 2.69. The molecule has 1 aromatic carbocycles. The molecule has 5 nitrogen and oxygen atoms in total. The van der Waals surface area contributed by atoms with Crippen LogP contribution in [0.15, 0.2) is 36.5 Å². The summed E-state index contributed by atoms with van der Waals surface area (Å²) < 4.78 is 80.0. The quantitative estimate of drug-likeness (QED) is 0.307. The van der Waals surface area contributed by atoms with E-state index in [1.165, 1.54) is 18.2 Å². The topological polar surface area (TPSA) is 61.2 Å². The second-order valence-corrected chi connectivity index (χ2v) is 9.21. The van der Waals surface area contributed by atoms with Crippen molar-refractivity contribution in [2.45, 2.75) is 31.7 Å². The molecule has 11 heteroatoms. The van der Waals surface area contributed by atoms with E-state index in [4.69, 9.17) is 11.6 Å². The summed E-state index contributed by atoms with van der Waals surface area (Å²) in [7, 11) is -5.86. The van der Waals surface area contributed by atoms with Crippen molar-refractivity contribution in [3.8, 4) is 11.6 Å². The molecule has 0 fully saturated rings. The van der Waals surface area contributed by atoms with Crippen molar-refractivity contribution in [3.63, 3.8) is 0 Å². The lowest BCUT2D eigenvalue weighted by Crippen LogP contribution is -2.28. The summed E-state index contributed by atoms with van der Waals surface area (Å²) in [6.07, 6.45) is 1.66. The van der Waals surface area contributed by atoms with Gasteiger partial charge in [0.15, 0.2) is 0 Å². The summed E-state index contributed by atoms with van der Waals surface area (Å²) >= 11 is 5.72. The zero-order valence-corrected chi connectivity index (χ0v) is 17.0. The van der Waals surface area contributed by atoms with E-state index in [0.717, 1.165) is 6.07 Å². The first-order valence-electron chi connectivity index (χ1n) is 8.19. The molecule has 0 bridgehead atoms. The number of rotatable bonds is 3. The predicted molar refractivity (Wildman–Crippen MR) is 100 cm³/mol. The van der Waals surface area contributed by atoms with Crippen molar-refractivity contribution >= 4 is 32.8 Å². The highest BCUT2D eigenvalue weighted by Gasteiger charge is 2.48. The minimum Gasteiger partial charge on any atom is -0.355 e. The van der Waals surface area contributed by atoms with Crippen LogP contribution >= 0.6 is 11.6 Å². The molecule has 2 heterocycles. The van der Waals surface area contributed by atoms with Crippen molar-refractivity contribution in [3.05, 3.63) is 52.9 Å². The molecule has 0 spiro atoms. The van der Waals surface area contributed by atoms with E-state index in [9.17, 15) is 26.0 Å². The van der Waals surface area contributed by atoms with E-state index >= 15 is 0 Å². The number of pyridine rings is 1. The Morgan fingerprint density at radius 2 is 1.76 bits per heavy atom. The third-order valence-electron chi connectivity index (χ3n) is 4.09. The summed E-state index contributed by atoms with van der Waals surface area (Å²) in [5.74, 6) is -1.37. The summed E-state index contributed by atoms with van der Waals surface area (Å²) in [6, 6.07) is 6.49. The smallest absolute Gasteiger partial charge is 0.355 e. The van der Waals surface area contributed by atoms with Gasteiger partial charge in [-0.05, 0) is 29.7 Å². The molecule has 0 atom stereocenters. The van der Waals surface area contributed by atoms with Crippen molar-refractivity contribution in [1.82, 2.24) is 9.55 Å². The number of hydrogen-bond donors (Lipinski definition) is 0. The third-order valence-corrected chi connectivity index (χ3v) is 5.35. The summed E-state index contributed by atoms with van der Waals surface area (Å²) in [5, 5.41) is -0.0626. The molecule has 0 aliphatic rings. The van der Waals surface area contributed by atoms with Gasteiger partial charge in [0, 0.05) is 23.5 Å². The zero-order valence-electron chi connectivity index (χ0n) is 15.4. The van der Waals surface area contributed by atoms with Crippen molar-refractivity contribution in [1.29, 1.82) is 0 Å². The van der Waals surface area contributed by atoms with Crippen LogP contribution in [0, 0.1) is 5.82 Å². The number of fused-ring (bicyclic) bond motifs is 1. The van der Waals surface area contributed by atoms with Crippen LogP contribution in [-0.2, 0) is 15.5 Å². The van der Waals surface area contributed by atoms with Crippen LogP contribution in [0.25, 0.3) is 16.7 Å². The average molecular weight is 451 g/mol. The molecule has 0 saturated heterocycles. The Kier molecular flexibility index (Phi) is 5.07. The Morgan fingerprint density at radius 1 is 1.10 bits per heavy atom. The molecule has 0 aliphatic heterocycles. The van der Waals surface area contributed by atoms with Crippen LogP contribution in [0.1, 0.15) is 26.3 Å². The Labute approximate surface area is 169 Å². The van der Waals surface area contributed by atoms with E-state index in [0.29, 0.717) is 16.8 Å². The number of aromatic nitrogens is 2. The molecule has 0 amide bonds. The monoisotopic (exact) mass is 450 g/mol. The van der Waals surface area contributed by atoms with Crippen LogP contribution in [0.3, 0.4) is 0 Å². The lowest BCUT2D eigenvalue weighted by molar-refractivity contribution is -0.0501. The maximum absolute atomic E-state index is 13.9. The number of benzene rings is 1. The number of nitrogens with zero attached hydrogens (tertiary/aromatic N) is 2. The molecule has 0 saturated carbocycles. The zero-order chi connectivity index (χ0) is 21.8. The van der Waals surface area contributed by atoms with E-state index in [2.05, 4.69) is 9.17 Å². The maximum Gasteiger partial charge on any atom is 0.534 e. The second-order valence-electron chi connectivity index (χ2n) is 7.26. The predicted octanol–water partition coefficient (Wildman–Crippen LogP) is 5.34. The van der Waals surface area contributed by atoms with Gasteiger partial charge in [0.25, 0.3) is 0 Å². The third kappa shape index (κ3) is 4.04. The van der Waals surface area contributed by atoms with Gasteiger partial charge in [-0.2, -0.15) is 21.6 Å². The number of hydrogen-bond acceptors (Lipinski definition) is 4. The molecule has 3 aromatic rings. The number of alkyl halides is 3. The largest absolute Gasteiger partial charge is 0.534 e. The highest BCUT2D eigenvalue weighted by atomic mass is 35.5. The van der Waals surface area contributed by atoms with Gasteiger partial charge in [-0.15, -0.1) is 0 Å². The first-order valence-corrected chi connectivity index (χ1v) is 9.98. The fourth-order valence-corrected chi connectivity index (χ4v) is 3.22. The van der Waals surface area contributed by atoms with Crippen molar-refractivity contribution in [2.75, 3.05) is 0 Å². The lowest BCUT2D eigenvalue weighted by atomic mass is 9.88. The van der Waals surface area contributed by atoms with E-state index in [1.807, 2.05) is 20.8 Å². The van der Waals surface area contributed by atoms with Crippen LogP contribution in [0.4, 0.5) is 17.6 Å². The first-order chi connectivity index (χ1) is 13.2. The fraction of sp³-hybridized carbons (Fsp3) is 0.278. The molecular weight excluding hydrogens is 436 g/mol. The SMILES string of the molecule is CC(C)(C)c1cn(-c2ccc(Cl)c(F)c2)c2ccc(OS(=O)(=O)C(F)(F)F)nc12. The molecular formula is C18H15ClF4N2O3S. The Bertz CT molecular complexity index is 1200. The van der Waals surface area contributed by atoms with Gasteiger partial charge in [0.1, 0.15) is 5.82 Å². The van der Waals surface area contributed by atoms with Crippen molar-refractivity contribution in [2.24, 2.45) is 0 Å². The van der Waals surface area contributed by atoms with Gasteiger partial charge in [0.2, 0.25) is 5.88 Å². The van der Waals surface area contributed by atoms with Crippen LogP contribution in [-0.4, -0.2) is 23.5 Å². The Hall–Kier alpha value is -2.33. The highest BCUT2D eigenvalue weighted by Crippen LogP contribution is 2.35. The van der Waals surface area contributed by atoms with Gasteiger partial charge in [0.05, 0.1) is 16.1 Å². The molecule has 0 radical (unpaired) electrons. The molecule has 2 aromatic heterocycles. The molecule has 156 valence electrons. The standard InChI is InChI=1S/C18H15ClF4N2O3S/c1-17(2,3)11-9-25(10-4-5-12(19)13(20)8-10)14-6-7-15(24-16(11)14)28-29(26,27)18(21,22)23/h4-9H,1-3H3. The van der Waals surface area contributed by atoms with Crippen LogP contribution in [0.2, 0.25) is 5.02 Å². The minimum absolute atomic E-state index is 0.0626. The summed E-state index contributed by atoms with van der Waals surface area (Å²) in [5.41, 5.74) is -4.44. The van der Waals surface area contributed by atoms with Gasteiger partial charge >= 0.3 is 15.6 Å². The molecule has 29 heavy (non-hydrogen) atoms. The van der Waals surface area contributed by atoms with Gasteiger partial charge in [-0.3, -0.25) is 0 Å². The highest BCUT2D eigenvalue weighted by molar-refractivity contribution is 7.87. The van der Waals surface area contributed by atoms with Gasteiger partial charge < -0.3 is 8.75 Å². The van der Waals surface area contributed by atoms with Gasteiger partial charge in [-0.25, -0.2) is 9.37 Å². The summed E-state index contributed by atoms with van der Waals surface area (Å²) in [6.45, 7) is 5.53. The van der Waals surface area contributed by atoms with Crippen LogP contribution in [0.5, 0.6) is 5.88 Å². The normalized spacial score (nSPS) is 13.1. The lowest BCUT2D eigenvalue weighted by Gasteiger charge is -2.17. The minimum atomic E-state index is -5.86. The summed E-state index contributed by atoms with van der Waals surface area (Å²) in [4.78, 5) is 3.98. The Morgan fingerprint density at radius 3 is 2.31 bits per heavy atom. The van der Waals surface area contributed by atoms with Gasteiger partial charge in [-0.1, -0.05) is 32.4 Å². The maximum atomic E-state index is 13.9.